The summed E-state index contributed by atoms with van der Waals surface area (Å²) in [6.45, 7) is 8.96. The molecule has 3 heterocycles. The summed E-state index contributed by atoms with van der Waals surface area (Å²) in [5.74, 6) is 0.680. The largest absolute Gasteiger partial charge is 0.393 e. The molecule has 0 aromatic carbocycles. The summed E-state index contributed by atoms with van der Waals surface area (Å²) in [7, 11) is -1.15. The minimum Gasteiger partial charge on any atom is -0.393 e. The Morgan fingerprint density at radius 1 is 1.39 bits per heavy atom. The van der Waals surface area contributed by atoms with Gasteiger partial charge in [0.15, 0.2) is 5.17 Å². The van der Waals surface area contributed by atoms with Crippen LogP contribution in [0.5, 0.6) is 0 Å². The van der Waals surface area contributed by atoms with E-state index in [1.165, 1.54) is 0 Å². The van der Waals surface area contributed by atoms with Crippen LogP contribution in [-0.2, 0) is 11.5 Å². The fourth-order valence-electron chi connectivity index (χ4n) is 4.15. The van der Waals surface area contributed by atoms with Crippen molar-refractivity contribution in [2.45, 2.75) is 63.8 Å². The molecule has 4 rings (SSSR count). The first-order valence-corrected chi connectivity index (χ1v) is 15.7. The lowest BCUT2D eigenvalue weighted by molar-refractivity contribution is 0.0895. The highest BCUT2D eigenvalue weighted by Crippen LogP contribution is 2.31. The van der Waals surface area contributed by atoms with E-state index in [0.29, 0.717) is 18.9 Å². The summed E-state index contributed by atoms with van der Waals surface area (Å²) >= 11 is 1.62. The molecular weight excluding hydrogens is 428 g/mol. The summed E-state index contributed by atoms with van der Waals surface area (Å²) in [4.78, 5) is 24.3. The first-order chi connectivity index (χ1) is 14.8. The van der Waals surface area contributed by atoms with E-state index >= 15 is 0 Å². The number of amidine groups is 1. The van der Waals surface area contributed by atoms with Crippen LogP contribution in [0.3, 0.4) is 0 Å². The zero-order chi connectivity index (χ0) is 22.0. The SMILES string of the molecule is C[Si](C)(C)CCOCn1cc(C(=O)N=C2SCCN2C2CCC(O)C2)c2cccnc21. The van der Waals surface area contributed by atoms with Crippen molar-refractivity contribution in [2.24, 2.45) is 4.99 Å². The number of rotatable bonds is 7. The number of hydrogen-bond donors (Lipinski definition) is 1. The van der Waals surface area contributed by atoms with Crippen LogP contribution in [0.2, 0.25) is 25.7 Å². The van der Waals surface area contributed by atoms with Gasteiger partial charge in [0.2, 0.25) is 0 Å². The smallest absolute Gasteiger partial charge is 0.281 e. The quantitative estimate of drug-likeness (QED) is 0.500. The lowest BCUT2D eigenvalue weighted by atomic mass is 10.2. The average Bonchev–Trinajstić information content (AvgIpc) is 3.43. The fraction of sp³-hybridized carbons (Fsp3) is 0.591. The highest BCUT2D eigenvalue weighted by Gasteiger charge is 2.33. The molecular formula is C22H32N4O3SSi. The Labute approximate surface area is 188 Å². The third-order valence-electron chi connectivity index (χ3n) is 5.92. The van der Waals surface area contributed by atoms with Crippen LogP contribution in [0, 0.1) is 0 Å². The van der Waals surface area contributed by atoms with E-state index in [0.717, 1.165) is 53.8 Å². The van der Waals surface area contributed by atoms with Crippen molar-refractivity contribution in [2.75, 3.05) is 18.9 Å². The molecule has 2 aliphatic rings. The van der Waals surface area contributed by atoms with Crippen LogP contribution in [0.1, 0.15) is 29.6 Å². The number of aliphatic imine (C=N–C) groups is 1. The second kappa shape index (κ2) is 9.44. The highest BCUT2D eigenvalue weighted by molar-refractivity contribution is 8.14. The maximum absolute atomic E-state index is 13.2. The fourth-order valence-corrected chi connectivity index (χ4v) is 5.93. The van der Waals surface area contributed by atoms with Crippen molar-refractivity contribution in [3.63, 3.8) is 0 Å². The third kappa shape index (κ3) is 5.39. The highest BCUT2D eigenvalue weighted by atomic mass is 32.2. The summed E-state index contributed by atoms with van der Waals surface area (Å²) in [5, 5.41) is 11.5. The second-order valence-electron chi connectivity index (χ2n) is 9.60. The molecule has 9 heteroatoms. The van der Waals surface area contributed by atoms with Gasteiger partial charge in [0.25, 0.3) is 5.91 Å². The van der Waals surface area contributed by atoms with Gasteiger partial charge in [0.1, 0.15) is 12.4 Å². The number of aromatic nitrogens is 2. The molecule has 1 N–H and O–H groups in total. The summed E-state index contributed by atoms with van der Waals surface area (Å²) < 4.78 is 7.80. The van der Waals surface area contributed by atoms with Crippen LogP contribution in [0.15, 0.2) is 29.5 Å². The van der Waals surface area contributed by atoms with Crippen LogP contribution in [0.4, 0.5) is 0 Å². The molecule has 2 fully saturated rings. The van der Waals surface area contributed by atoms with Crippen molar-refractivity contribution in [1.82, 2.24) is 14.5 Å². The van der Waals surface area contributed by atoms with E-state index in [4.69, 9.17) is 4.74 Å². The number of thioether (sulfide) groups is 1. The molecule has 0 spiro atoms. The predicted octanol–water partition coefficient (Wildman–Crippen LogP) is 3.81. The Morgan fingerprint density at radius 2 is 2.23 bits per heavy atom. The first-order valence-electron chi connectivity index (χ1n) is 11.0. The van der Waals surface area contributed by atoms with Gasteiger partial charge < -0.3 is 19.3 Å². The number of carbonyl (C=O) groups excluding carboxylic acids is 1. The number of fused-ring (bicyclic) bond motifs is 1. The van der Waals surface area contributed by atoms with E-state index in [9.17, 15) is 9.90 Å². The molecule has 2 unspecified atom stereocenters. The summed E-state index contributed by atoms with van der Waals surface area (Å²) in [5.41, 5.74) is 1.30. The van der Waals surface area contributed by atoms with E-state index in [-0.39, 0.29) is 18.1 Å². The van der Waals surface area contributed by atoms with Gasteiger partial charge >= 0.3 is 0 Å². The van der Waals surface area contributed by atoms with Gasteiger partial charge in [-0.3, -0.25) is 4.79 Å². The Balaban J connectivity index is 1.52. The predicted molar refractivity (Wildman–Crippen MR) is 128 cm³/mol. The standard InChI is InChI=1S/C22H32N4O3SSi/c1-31(2,3)12-10-29-15-25-14-19(18-5-4-8-23-20(18)25)21(28)24-22-26(9-11-30-22)16-6-7-17(27)13-16/h4-5,8,14,16-17,27H,6-7,9-13,15H2,1-3H3. The van der Waals surface area contributed by atoms with Crippen molar-refractivity contribution in [1.29, 1.82) is 0 Å². The molecule has 1 saturated carbocycles. The zero-order valence-corrected chi connectivity index (χ0v) is 20.4. The normalized spacial score (nSPS) is 23.4. The number of aliphatic hydroxyl groups excluding tert-OH is 1. The van der Waals surface area contributed by atoms with E-state index in [2.05, 4.69) is 34.5 Å². The van der Waals surface area contributed by atoms with Gasteiger partial charge in [0, 0.05) is 50.8 Å². The minimum atomic E-state index is -1.15. The molecule has 1 amide bonds. The van der Waals surface area contributed by atoms with Crippen molar-refractivity contribution in [3.8, 4) is 0 Å². The molecule has 31 heavy (non-hydrogen) atoms. The molecule has 0 radical (unpaired) electrons. The topological polar surface area (TPSA) is 80.0 Å². The average molecular weight is 461 g/mol. The summed E-state index contributed by atoms with van der Waals surface area (Å²) in [6.07, 6.45) is 5.85. The Morgan fingerprint density at radius 3 is 2.97 bits per heavy atom. The molecule has 7 nitrogen and oxygen atoms in total. The lowest BCUT2D eigenvalue weighted by Gasteiger charge is -2.25. The maximum atomic E-state index is 13.2. The number of hydrogen-bond acceptors (Lipinski definition) is 5. The van der Waals surface area contributed by atoms with Crippen LogP contribution in [-0.4, -0.2) is 69.8 Å². The molecule has 168 valence electrons. The van der Waals surface area contributed by atoms with E-state index in [1.807, 2.05) is 22.9 Å². The molecule has 0 bridgehead atoms. The van der Waals surface area contributed by atoms with Gasteiger partial charge in [-0.25, -0.2) is 4.98 Å². The van der Waals surface area contributed by atoms with Crippen molar-refractivity contribution >= 4 is 41.9 Å². The van der Waals surface area contributed by atoms with E-state index in [1.54, 1.807) is 18.0 Å². The lowest BCUT2D eigenvalue weighted by Crippen LogP contribution is -2.35. The van der Waals surface area contributed by atoms with Crippen LogP contribution < -0.4 is 0 Å². The van der Waals surface area contributed by atoms with Gasteiger partial charge in [0.05, 0.1) is 11.7 Å². The molecule has 2 aromatic heterocycles. The molecule has 1 aliphatic heterocycles. The van der Waals surface area contributed by atoms with Crippen molar-refractivity contribution < 1.29 is 14.6 Å². The number of nitrogens with zero attached hydrogens (tertiary/aromatic N) is 4. The summed E-state index contributed by atoms with van der Waals surface area (Å²) in [6, 6.07) is 5.14. The second-order valence-corrected chi connectivity index (χ2v) is 16.3. The van der Waals surface area contributed by atoms with Crippen molar-refractivity contribution in [3.05, 3.63) is 30.1 Å². The Hall–Kier alpha value is -1.68. The Kier molecular flexibility index (Phi) is 6.85. The van der Waals surface area contributed by atoms with Crippen LogP contribution >= 0.6 is 11.8 Å². The van der Waals surface area contributed by atoms with Gasteiger partial charge in [-0.2, -0.15) is 4.99 Å². The molecule has 2 aromatic rings. The number of aliphatic hydroxyl groups is 1. The van der Waals surface area contributed by atoms with Gasteiger partial charge in [-0.05, 0) is 37.4 Å². The molecule has 1 aliphatic carbocycles. The Bertz CT molecular complexity index is 971. The third-order valence-corrected chi connectivity index (χ3v) is 8.59. The van der Waals surface area contributed by atoms with Gasteiger partial charge in [-0.1, -0.05) is 31.4 Å². The first kappa shape index (κ1) is 22.5. The van der Waals surface area contributed by atoms with Gasteiger partial charge in [-0.15, -0.1) is 0 Å². The van der Waals surface area contributed by atoms with Crippen LogP contribution in [0.25, 0.3) is 11.0 Å². The number of ether oxygens (including phenoxy) is 1. The monoisotopic (exact) mass is 460 g/mol. The maximum Gasteiger partial charge on any atom is 0.281 e. The zero-order valence-electron chi connectivity index (χ0n) is 18.6. The molecule has 2 atom stereocenters. The number of pyridine rings is 1. The number of amides is 1. The molecule has 1 saturated heterocycles. The van der Waals surface area contributed by atoms with E-state index < -0.39 is 8.07 Å². The minimum absolute atomic E-state index is 0.238. The number of carbonyl (C=O) groups is 1.